The monoisotopic (exact) mass is 332 g/mol. The van der Waals surface area contributed by atoms with Gasteiger partial charge in [-0.05, 0) is 30.9 Å². The molecule has 2 rings (SSSR count). The summed E-state index contributed by atoms with van der Waals surface area (Å²) in [6.07, 6.45) is 2.04. The van der Waals surface area contributed by atoms with Gasteiger partial charge in [0.05, 0.1) is 24.8 Å². The number of carbonyl (C=O) groups is 3. The highest BCUT2D eigenvalue weighted by Gasteiger charge is 2.23. The number of rotatable bonds is 5. The maximum Gasteiger partial charge on any atom is 0.306 e. The summed E-state index contributed by atoms with van der Waals surface area (Å²) in [5.41, 5.74) is 0.967. The van der Waals surface area contributed by atoms with Gasteiger partial charge < -0.3 is 15.0 Å². The van der Waals surface area contributed by atoms with Crippen LogP contribution in [0, 0.1) is 5.92 Å². The summed E-state index contributed by atoms with van der Waals surface area (Å²) in [4.78, 5) is 37.7. The molecule has 1 aliphatic heterocycles. The summed E-state index contributed by atoms with van der Waals surface area (Å²) >= 11 is 0. The average molecular weight is 332 g/mol. The third-order valence-electron chi connectivity index (χ3n) is 4.29. The molecule has 0 radical (unpaired) electrons. The van der Waals surface area contributed by atoms with Crippen LogP contribution in [0.1, 0.15) is 43.0 Å². The summed E-state index contributed by atoms with van der Waals surface area (Å²) < 4.78 is 4.52. The number of para-hydroxylation sites is 1. The number of carbonyl (C=O) groups excluding carboxylic acids is 3. The van der Waals surface area contributed by atoms with Gasteiger partial charge in [0.25, 0.3) is 5.91 Å². The molecule has 1 saturated heterocycles. The van der Waals surface area contributed by atoms with Gasteiger partial charge in [-0.25, -0.2) is 0 Å². The van der Waals surface area contributed by atoms with Crippen molar-refractivity contribution in [3.63, 3.8) is 0 Å². The molecule has 0 aromatic heterocycles. The van der Waals surface area contributed by atoms with Crippen LogP contribution in [0.25, 0.3) is 0 Å². The van der Waals surface area contributed by atoms with Crippen LogP contribution in [0.3, 0.4) is 0 Å². The first-order chi connectivity index (χ1) is 11.5. The lowest BCUT2D eigenvalue weighted by molar-refractivity contribution is -0.141. The van der Waals surface area contributed by atoms with Crippen molar-refractivity contribution in [2.75, 3.05) is 25.5 Å². The van der Waals surface area contributed by atoms with Crippen LogP contribution in [0.15, 0.2) is 24.3 Å². The van der Waals surface area contributed by atoms with Gasteiger partial charge in [0, 0.05) is 19.5 Å². The Morgan fingerprint density at radius 3 is 2.50 bits per heavy atom. The van der Waals surface area contributed by atoms with Gasteiger partial charge in [0.2, 0.25) is 5.91 Å². The van der Waals surface area contributed by atoms with Crippen molar-refractivity contribution in [3.8, 4) is 0 Å². The topological polar surface area (TPSA) is 75.7 Å². The van der Waals surface area contributed by atoms with Gasteiger partial charge in [-0.1, -0.05) is 19.1 Å². The second kappa shape index (κ2) is 8.47. The highest BCUT2D eigenvalue weighted by molar-refractivity contribution is 6.04. The Kier molecular flexibility index (Phi) is 6.35. The minimum absolute atomic E-state index is 0.0163. The second-order valence-corrected chi connectivity index (χ2v) is 6.14. The van der Waals surface area contributed by atoms with Crippen molar-refractivity contribution in [3.05, 3.63) is 29.8 Å². The fourth-order valence-corrected chi connectivity index (χ4v) is 2.69. The Bertz CT molecular complexity index is 607. The Labute approximate surface area is 142 Å². The van der Waals surface area contributed by atoms with Crippen molar-refractivity contribution < 1.29 is 19.1 Å². The van der Waals surface area contributed by atoms with Crippen molar-refractivity contribution in [2.24, 2.45) is 5.92 Å². The van der Waals surface area contributed by atoms with Crippen molar-refractivity contribution >= 4 is 23.5 Å². The third-order valence-corrected chi connectivity index (χ3v) is 4.29. The van der Waals surface area contributed by atoms with Gasteiger partial charge in [-0.2, -0.15) is 0 Å². The highest BCUT2D eigenvalue weighted by Crippen LogP contribution is 2.22. The number of piperidine rings is 1. The van der Waals surface area contributed by atoms with Gasteiger partial charge >= 0.3 is 5.97 Å². The normalized spacial score (nSPS) is 15.0. The SMILES string of the molecule is COC(=O)CCC(=O)Nc1ccccc1C(=O)N1CCC(C)CC1. The largest absolute Gasteiger partial charge is 0.469 e. The molecule has 1 fully saturated rings. The van der Waals surface area contributed by atoms with E-state index in [0.29, 0.717) is 17.2 Å². The van der Waals surface area contributed by atoms with Gasteiger partial charge in [-0.15, -0.1) is 0 Å². The predicted molar refractivity (Wildman–Crippen MR) is 90.6 cm³/mol. The van der Waals surface area contributed by atoms with Gasteiger partial charge in [-0.3, -0.25) is 14.4 Å². The number of esters is 1. The van der Waals surface area contributed by atoms with E-state index in [2.05, 4.69) is 17.0 Å². The van der Waals surface area contributed by atoms with E-state index >= 15 is 0 Å². The minimum Gasteiger partial charge on any atom is -0.469 e. The fraction of sp³-hybridized carbons (Fsp3) is 0.500. The molecule has 0 aliphatic carbocycles. The summed E-state index contributed by atoms with van der Waals surface area (Å²) in [7, 11) is 1.29. The molecule has 6 heteroatoms. The zero-order valence-corrected chi connectivity index (χ0v) is 14.2. The number of amides is 2. The lowest BCUT2D eigenvalue weighted by Crippen LogP contribution is -2.38. The molecule has 6 nitrogen and oxygen atoms in total. The van der Waals surface area contributed by atoms with Gasteiger partial charge in [0.1, 0.15) is 0 Å². The first-order valence-corrected chi connectivity index (χ1v) is 8.26. The van der Waals surface area contributed by atoms with Crippen molar-refractivity contribution in [1.29, 1.82) is 0 Å². The van der Waals surface area contributed by atoms with Crippen LogP contribution < -0.4 is 5.32 Å². The molecule has 2 amide bonds. The molecule has 0 spiro atoms. The molecule has 0 unspecified atom stereocenters. The summed E-state index contributed by atoms with van der Waals surface area (Å²) in [6, 6.07) is 6.97. The van der Waals surface area contributed by atoms with E-state index in [1.165, 1.54) is 7.11 Å². The smallest absolute Gasteiger partial charge is 0.306 e. The van der Waals surface area contributed by atoms with E-state index in [9.17, 15) is 14.4 Å². The van der Waals surface area contributed by atoms with Crippen LogP contribution in [-0.4, -0.2) is 42.9 Å². The summed E-state index contributed by atoms with van der Waals surface area (Å²) in [5.74, 6) is -0.169. The Morgan fingerprint density at radius 1 is 1.17 bits per heavy atom. The van der Waals surface area contributed by atoms with Crippen molar-refractivity contribution in [1.82, 2.24) is 4.90 Å². The highest BCUT2D eigenvalue weighted by atomic mass is 16.5. The summed E-state index contributed by atoms with van der Waals surface area (Å²) in [6.45, 7) is 3.67. The Balaban J connectivity index is 2.02. The van der Waals surface area contributed by atoms with Crippen LogP contribution >= 0.6 is 0 Å². The molecule has 1 aliphatic rings. The van der Waals surface area contributed by atoms with E-state index in [1.807, 2.05) is 4.90 Å². The molecule has 0 atom stereocenters. The lowest BCUT2D eigenvalue weighted by atomic mass is 9.98. The van der Waals surface area contributed by atoms with Crippen LogP contribution in [-0.2, 0) is 14.3 Å². The van der Waals surface area contributed by atoms with E-state index in [4.69, 9.17) is 0 Å². The molecule has 1 heterocycles. The number of nitrogens with one attached hydrogen (secondary N) is 1. The predicted octanol–water partition coefficient (Wildman–Crippen LogP) is 2.45. The van der Waals surface area contributed by atoms with Gasteiger partial charge in [0.15, 0.2) is 0 Å². The second-order valence-electron chi connectivity index (χ2n) is 6.14. The number of nitrogens with zero attached hydrogens (tertiary/aromatic N) is 1. The average Bonchev–Trinajstić information content (AvgIpc) is 2.60. The molecular formula is C18H24N2O4. The quantitative estimate of drug-likeness (QED) is 0.840. The zero-order chi connectivity index (χ0) is 17.5. The minimum atomic E-state index is -0.433. The Hall–Kier alpha value is -2.37. The number of likely N-dealkylation sites (tertiary alicyclic amines) is 1. The number of hydrogen-bond acceptors (Lipinski definition) is 4. The maximum absolute atomic E-state index is 12.7. The maximum atomic E-state index is 12.7. The Morgan fingerprint density at radius 2 is 1.83 bits per heavy atom. The summed E-state index contributed by atoms with van der Waals surface area (Å²) in [5, 5.41) is 2.72. The number of anilines is 1. The molecule has 0 saturated carbocycles. The van der Waals surface area contributed by atoms with E-state index in [0.717, 1.165) is 25.9 Å². The number of ether oxygens (including phenoxy) is 1. The molecule has 130 valence electrons. The molecule has 1 aromatic rings. The van der Waals surface area contributed by atoms with Crippen LogP contribution in [0.2, 0.25) is 0 Å². The molecule has 1 N–H and O–H groups in total. The molecule has 0 bridgehead atoms. The fourth-order valence-electron chi connectivity index (χ4n) is 2.69. The number of benzene rings is 1. The first kappa shape index (κ1) is 18.0. The molecule has 1 aromatic carbocycles. The third kappa shape index (κ3) is 4.81. The van der Waals surface area contributed by atoms with Crippen molar-refractivity contribution in [2.45, 2.75) is 32.6 Å². The van der Waals surface area contributed by atoms with E-state index in [-0.39, 0.29) is 24.7 Å². The number of hydrogen-bond donors (Lipinski definition) is 1. The molecular weight excluding hydrogens is 308 g/mol. The van der Waals surface area contributed by atoms with E-state index < -0.39 is 5.97 Å². The first-order valence-electron chi connectivity index (χ1n) is 8.26. The number of methoxy groups -OCH3 is 1. The lowest BCUT2D eigenvalue weighted by Gasteiger charge is -2.30. The van der Waals surface area contributed by atoms with Crippen LogP contribution in [0.4, 0.5) is 5.69 Å². The molecule has 24 heavy (non-hydrogen) atoms. The van der Waals surface area contributed by atoms with Crippen LogP contribution in [0.5, 0.6) is 0 Å². The zero-order valence-electron chi connectivity index (χ0n) is 14.2. The van der Waals surface area contributed by atoms with E-state index in [1.54, 1.807) is 24.3 Å². The standard InChI is InChI=1S/C18H24N2O4/c1-13-9-11-20(12-10-13)18(23)14-5-3-4-6-15(14)19-16(21)7-8-17(22)24-2/h3-6,13H,7-12H2,1-2H3,(H,19,21).